The molecule has 6 heteroatoms. The van der Waals surface area contributed by atoms with E-state index in [0.29, 0.717) is 24.3 Å². The third kappa shape index (κ3) is 2.58. The summed E-state index contributed by atoms with van der Waals surface area (Å²) in [7, 11) is 1.54. The topological polar surface area (TPSA) is 71.5 Å². The maximum Gasteiger partial charge on any atom is 0.258 e. The molecule has 1 aromatic heterocycles. The van der Waals surface area contributed by atoms with Gasteiger partial charge in [-0.1, -0.05) is 31.5 Å². The molecule has 2 atom stereocenters. The van der Waals surface area contributed by atoms with Gasteiger partial charge in [-0.15, -0.1) is 0 Å². The Morgan fingerprint density at radius 3 is 2.93 bits per heavy atom. The average Bonchev–Trinajstić information content (AvgIpc) is 3.21. The number of anilines is 1. The van der Waals surface area contributed by atoms with E-state index in [4.69, 9.17) is 4.74 Å². The number of para-hydroxylation sites is 1. The number of hydrogen-bond acceptors (Lipinski definition) is 4. The van der Waals surface area contributed by atoms with Crippen molar-refractivity contribution in [1.29, 1.82) is 0 Å². The number of nitrogens with one attached hydrogen (secondary N) is 1. The molecule has 1 fully saturated rings. The molecule has 2 aliphatic rings. The molecule has 0 unspecified atom stereocenters. The summed E-state index contributed by atoms with van der Waals surface area (Å²) in [5.41, 5.74) is 2.44. The minimum atomic E-state index is -0.683. The van der Waals surface area contributed by atoms with Gasteiger partial charge in [-0.05, 0) is 37.5 Å². The van der Waals surface area contributed by atoms with Crippen LogP contribution in [0.1, 0.15) is 47.8 Å². The minimum Gasteiger partial charge on any atom is -0.494 e. The zero-order chi connectivity index (χ0) is 19.9. The van der Waals surface area contributed by atoms with Gasteiger partial charge in [0, 0.05) is 17.9 Å². The molecule has 28 heavy (non-hydrogen) atoms. The summed E-state index contributed by atoms with van der Waals surface area (Å²) < 4.78 is 5.38. The van der Waals surface area contributed by atoms with Crippen LogP contribution in [0.15, 0.2) is 36.5 Å². The maximum absolute atomic E-state index is 13.5. The lowest BCUT2D eigenvalue weighted by atomic mass is 9.73. The van der Waals surface area contributed by atoms with Gasteiger partial charge in [0.25, 0.3) is 5.91 Å². The lowest BCUT2D eigenvalue weighted by Crippen LogP contribution is -2.48. The van der Waals surface area contributed by atoms with E-state index in [1.165, 1.54) is 0 Å². The number of carbonyl (C=O) groups is 2. The second-order valence-corrected chi connectivity index (χ2v) is 7.55. The number of likely N-dealkylation sites (tertiary alicyclic amines) is 1. The Bertz CT molecular complexity index is 942. The predicted octanol–water partition coefficient (Wildman–Crippen LogP) is 3.30. The number of carbonyl (C=O) groups excluding carboxylic acids is 2. The van der Waals surface area contributed by atoms with Crippen LogP contribution in [0.3, 0.4) is 0 Å². The second-order valence-electron chi connectivity index (χ2n) is 7.55. The zero-order valence-electron chi connectivity index (χ0n) is 16.5. The molecule has 4 rings (SSSR count). The molecule has 1 aromatic carbocycles. The van der Waals surface area contributed by atoms with E-state index in [2.05, 4.69) is 17.2 Å². The number of amides is 2. The van der Waals surface area contributed by atoms with Crippen molar-refractivity contribution in [2.75, 3.05) is 19.0 Å². The largest absolute Gasteiger partial charge is 0.494 e. The summed E-state index contributed by atoms with van der Waals surface area (Å²) in [4.78, 5) is 32.7. The molecule has 1 N–H and O–H groups in total. The fraction of sp³-hybridized carbons (Fsp3) is 0.409. The Hall–Kier alpha value is -2.89. The molecular weight excluding hydrogens is 354 g/mol. The molecule has 2 aliphatic heterocycles. The number of aryl methyl sites for hydroxylation is 1. The van der Waals surface area contributed by atoms with E-state index < -0.39 is 5.41 Å². The Morgan fingerprint density at radius 2 is 2.18 bits per heavy atom. The molecule has 0 saturated carbocycles. The third-order valence-electron chi connectivity index (χ3n) is 6.03. The molecule has 0 radical (unpaired) electrons. The number of methoxy groups -OCH3 is 1. The first-order valence-corrected chi connectivity index (χ1v) is 9.75. The van der Waals surface area contributed by atoms with Crippen molar-refractivity contribution in [1.82, 2.24) is 9.88 Å². The highest BCUT2D eigenvalue weighted by atomic mass is 16.5. The van der Waals surface area contributed by atoms with Gasteiger partial charge < -0.3 is 15.0 Å². The number of hydrogen-bond donors (Lipinski definition) is 1. The molecule has 0 bridgehead atoms. The highest BCUT2D eigenvalue weighted by Crippen LogP contribution is 2.49. The van der Waals surface area contributed by atoms with Crippen LogP contribution >= 0.6 is 0 Å². The van der Waals surface area contributed by atoms with E-state index in [-0.39, 0.29) is 17.9 Å². The van der Waals surface area contributed by atoms with Gasteiger partial charge in [0.2, 0.25) is 5.91 Å². The van der Waals surface area contributed by atoms with Crippen molar-refractivity contribution in [3.8, 4) is 5.75 Å². The molecule has 6 nitrogen and oxygen atoms in total. The van der Waals surface area contributed by atoms with Crippen molar-refractivity contribution < 1.29 is 14.3 Å². The molecule has 2 amide bonds. The third-order valence-corrected chi connectivity index (χ3v) is 6.03. The van der Waals surface area contributed by atoms with Crippen LogP contribution in [0, 0.1) is 6.92 Å². The number of benzene rings is 1. The first-order valence-electron chi connectivity index (χ1n) is 9.75. The monoisotopic (exact) mass is 379 g/mol. The van der Waals surface area contributed by atoms with Crippen LogP contribution in [0.2, 0.25) is 0 Å². The number of rotatable bonds is 4. The van der Waals surface area contributed by atoms with Gasteiger partial charge in [-0.25, -0.2) is 0 Å². The Labute approximate surface area is 164 Å². The van der Waals surface area contributed by atoms with Crippen LogP contribution in [0.5, 0.6) is 5.75 Å². The van der Waals surface area contributed by atoms with Crippen molar-refractivity contribution in [3.05, 3.63) is 53.3 Å². The molecule has 1 saturated heterocycles. The first-order chi connectivity index (χ1) is 13.5. The number of ether oxygens (including phenoxy) is 1. The lowest BCUT2D eigenvalue weighted by Gasteiger charge is -2.34. The Morgan fingerprint density at radius 1 is 1.39 bits per heavy atom. The lowest BCUT2D eigenvalue weighted by molar-refractivity contribution is -0.121. The van der Waals surface area contributed by atoms with E-state index in [1.807, 2.05) is 36.1 Å². The fourth-order valence-corrected chi connectivity index (χ4v) is 4.75. The van der Waals surface area contributed by atoms with Gasteiger partial charge in [-0.2, -0.15) is 0 Å². The van der Waals surface area contributed by atoms with Gasteiger partial charge in [0.15, 0.2) is 0 Å². The van der Waals surface area contributed by atoms with Crippen molar-refractivity contribution >= 4 is 17.5 Å². The van der Waals surface area contributed by atoms with Crippen molar-refractivity contribution in [2.45, 2.75) is 44.6 Å². The van der Waals surface area contributed by atoms with Gasteiger partial charge in [0.05, 0.1) is 30.3 Å². The molecule has 1 spiro atoms. The number of fused-ring (bicyclic) bond motifs is 2. The Kier molecular flexibility index (Phi) is 4.57. The molecule has 146 valence electrons. The van der Waals surface area contributed by atoms with Gasteiger partial charge >= 0.3 is 0 Å². The fourth-order valence-electron chi connectivity index (χ4n) is 4.75. The van der Waals surface area contributed by atoms with Crippen molar-refractivity contribution in [2.24, 2.45) is 0 Å². The van der Waals surface area contributed by atoms with E-state index >= 15 is 0 Å². The minimum absolute atomic E-state index is 0.000300. The van der Waals surface area contributed by atoms with E-state index in [0.717, 1.165) is 29.8 Å². The molecule has 2 aromatic rings. The SMILES string of the molecule is CCC[C@@H]1N(C(=O)c2cc(C)ncc2OC)CC[C@@]12C(=O)Nc1ccccc12. The van der Waals surface area contributed by atoms with Crippen LogP contribution in [-0.4, -0.2) is 41.4 Å². The smallest absolute Gasteiger partial charge is 0.258 e. The zero-order valence-corrected chi connectivity index (χ0v) is 16.5. The van der Waals surface area contributed by atoms with E-state index in [9.17, 15) is 9.59 Å². The van der Waals surface area contributed by atoms with Gasteiger partial charge in [-0.3, -0.25) is 14.6 Å². The molecule has 3 heterocycles. The second kappa shape index (κ2) is 6.93. The summed E-state index contributed by atoms with van der Waals surface area (Å²) >= 11 is 0. The highest BCUT2D eigenvalue weighted by Gasteiger charge is 2.58. The number of aromatic nitrogens is 1. The maximum atomic E-state index is 13.5. The normalized spacial score (nSPS) is 23.0. The summed E-state index contributed by atoms with van der Waals surface area (Å²) in [5, 5.41) is 3.04. The average molecular weight is 379 g/mol. The van der Waals surface area contributed by atoms with Crippen LogP contribution in [0.4, 0.5) is 5.69 Å². The summed E-state index contributed by atoms with van der Waals surface area (Å²) in [6.07, 6.45) is 3.86. The van der Waals surface area contributed by atoms with E-state index in [1.54, 1.807) is 19.4 Å². The number of nitrogens with zero attached hydrogens (tertiary/aromatic N) is 2. The standard InChI is InChI=1S/C22H25N3O3/c1-4-7-19-22(16-8-5-6-9-17(16)24-21(22)27)10-11-25(19)20(26)15-12-14(2)23-13-18(15)28-3/h5-6,8-9,12-13,19H,4,7,10-11H2,1-3H3,(H,24,27)/t19-,22-/m0/s1. The van der Waals surface area contributed by atoms with Crippen LogP contribution in [0.25, 0.3) is 0 Å². The summed E-state index contributed by atoms with van der Waals surface area (Å²) in [5.74, 6) is 0.359. The first kappa shape index (κ1) is 18.5. The van der Waals surface area contributed by atoms with Crippen LogP contribution < -0.4 is 10.1 Å². The predicted molar refractivity (Wildman–Crippen MR) is 107 cm³/mol. The Balaban J connectivity index is 1.78. The summed E-state index contributed by atoms with van der Waals surface area (Å²) in [6.45, 7) is 4.48. The quantitative estimate of drug-likeness (QED) is 0.885. The molecular formula is C22H25N3O3. The van der Waals surface area contributed by atoms with Gasteiger partial charge in [0.1, 0.15) is 5.75 Å². The highest BCUT2D eigenvalue weighted by molar-refractivity contribution is 6.08. The van der Waals surface area contributed by atoms with Crippen LogP contribution in [-0.2, 0) is 10.2 Å². The van der Waals surface area contributed by atoms with Crippen molar-refractivity contribution in [3.63, 3.8) is 0 Å². The summed E-state index contributed by atoms with van der Waals surface area (Å²) in [6, 6.07) is 9.41. The molecule has 0 aliphatic carbocycles. The number of pyridine rings is 1.